The predicted octanol–water partition coefficient (Wildman–Crippen LogP) is 11.6. The molecule has 0 unspecified atom stereocenters. The molecule has 302 valence electrons. The number of ether oxygens (including phenoxy) is 3. The lowest BCUT2D eigenvalue weighted by molar-refractivity contribution is -0.155. The highest BCUT2D eigenvalue weighted by molar-refractivity contribution is 5.76. The summed E-state index contributed by atoms with van der Waals surface area (Å²) in [7, 11) is 4.03. The van der Waals surface area contributed by atoms with Gasteiger partial charge in [-0.15, -0.1) is 0 Å². The summed E-state index contributed by atoms with van der Waals surface area (Å²) in [4.78, 5) is 40.2. The Kier molecular flexibility index (Phi) is 30.5. The van der Waals surface area contributed by atoms with Gasteiger partial charge in [0.2, 0.25) is 0 Å². The van der Waals surface area contributed by atoms with Gasteiger partial charge in [-0.2, -0.15) is 0 Å². The number of hydrogen-bond donors (Lipinski definition) is 1. The van der Waals surface area contributed by atoms with E-state index in [1.165, 1.54) is 64.2 Å². The van der Waals surface area contributed by atoms with Gasteiger partial charge in [-0.1, -0.05) is 129 Å². The van der Waals surface area contributed by atoms with Gasteiger partial charge in [-0.3, -0.25) is 9.59 Å². The Balaban J connectivity index is 4.55. The van der Waals surface area contributed by atoms with Crippen LogP contribution in [0, 0.1) is 10.8 Å². The SMILES string of the molecule is CCCCCCCCCOC(=O)C(C)(C)CCCCCC(CCCCCC(C)(C)C(=O)OCCCCCCCCC)NC(=O)OCCCN(C)C. The minimum atomic E-state index is -0.483. The first kappa shape index (κ1) is 49.2. The molecule has 0 spiro atoms. The molecule has 0 bridgehead atoms. The zero-order valence-electron chi connectivity index (χ0n) is 35.0. The Morgan fingerprint density at radius 1 is 0.510 bits per heavy atom. The molecule has 51 heavy (non-hydrogen) atoms. The quantitative estimate of drug-likeness (QED) is 0.0395. The predicted molar refractivity (Wildman–Crippen MR) is 213 cm³/mol. The topological polar surface area (TPSA) is 94.2 Å². The summed E-state index contributed by atoms with van der Waals surface area (Å²) in [6, 6.07) is 0.0474. The summed E-state index contributed by atoms with van der Waals surface area (Å²) < 4.78 is 16.8. The molecule has 0 aromatic heterocycles. The number of nitrogens with zero attached hydrogens (tertiary/aromatic N) is 1. The molecule has 0 radical (unpaired) electrons. The molecule has 0 heterocycles. The molecule has 0 atom stereocenters. The Bertz CT molecular complexity index is 805. The van der Waals surface area contributed by atoms with E-state index in [0.717, 1.165) is 103 Å². The maximum atomic E-state index is 12.7. The van der Waals surface area contributed by atoms with E-state index in [0.29, 0.717) is 19.8 Å². The molecule has 1 N–H and O–H groups in total. The van der Waals surface area contributed by atoms with Crippen molar-refractivity contribution in [2.75, 3.05) is 40.5 Å². The first-order valence-corrected chi connectivity index (χ1v) is 21.3. The van der Waals surface area contributed by atoms with Crippen molar-refractivity contribution in [1.82, 2.24) is 10.2 Å². The monoisotopic (exact) mass is 725 g/mol. The van der Waals surface area contributed by atoms with Gasteiger partial charge in [0, 0.05) is 12.6 Å². The lowest BCUT2D eigenvalue weighted by Gasteiger charge is -2.23. The van der Waals surface area contributed by atoms with E-state index in [-0.39, 0.29) is 24.1 Å². The van der Waals surface area contributed by atoms with Crippen molar-refractivity contribution in [1.29, 1.82) is 0 Å². The van der Waals surface area contributed by atoms with Crippen LogP contribution in [0.15, 0.2) is 0 Å². The van der Waals surface area contributed by atoms with Crippen LogP contribution in [0.25, 0.3) is 0 Å². The van der Waals surface area contributed by atoms with Crippen LogP contribution in [0.3, 0.4) is 0 Å². The number of carbonyl (C=O) groups is 3. The van der Waals surface area contributed by atoms with Crippen LogP contribution in [0.1, 0.15) is 202 Å². The van der Waals surface area contributed by atoms with Gasteiger partial charge >= 0.3 is 18.0 Å². The van der Waals surface area contributed by atoms with Crippen LogP contribution in [0.2, 0.25) is 0 Å². The van der Waals surface area contributed by atoms with E-state index in [9.17, 15) is 14.4 Å². The first-order chi connectivity index (χ1) is 24.4. The number of carbonyl (C=O) groups excluding carboxylic acids is 3. The normalized spacial score (nSPS) is 12.0. The molecule has 1 amide bonds. The van der Waals surface area contributed by atoms with Gasteiger partial charge in [0.05, 0.1) is 30.7 Å². The number of amides is 1. The van der Waals surface area contributed by atoms with Crippen LogP contribution in [0.5, 0.6) is 0 Å². The molecular weight excluding hydrogens is 640 g/mol. The van der Waals surface area contributed by atoms with Crippen LogP contribution >= 0.6 is 0 Å². The van der Waals surface area contributed by atoms with Gasteiger partial charge in [0.15, 0.2) is 0 Å². The van der Waals surface area contributed by atoms with Crippen molar-refractivity contribution in [3.8, 4) is 0 Å². The third-order valence-electron chi connectivity index (χ3n) is 10.1. The Morgan fingerprint density at radius 3 is 1.29 bits per heavy atom. The van der Waals surface area contributed by atoms with E-state index in [4.69, 9.17) is 14.2 Å². The molecule has 0 aromatic rings. The van der Waals surface area contributed by atoms with Crippen molar-refractivity contribution >= 4 is 18.0 Å². The molecule has 0 aromatic carbocycles. The van der Waals surface area contributed by atoms with Gasteiger partial charge in [0.1, 0.15) is 0 Å². The largest absolute Gasteiger partial charge is 0.465 e. The van der Waals surface area contributed by atoms with Gasteiger partial charge in [-0.05, 0) is 86.7 Å². The van der Waals surface area contributed by atoms with Crippen LogP contribution in [0.4, 0.5) is 4.79 Å². The van der Waals surface area contributed by atoms with Crippen molar-refractivity contribution < 1.29 is 28.6 Å². The number of unbranched alkanes of at least 4 members (excludes halogenated alkanes) is 16. The van der Waals surface area contributed by atoms with Crippen molar-refractivity contribution in [3.63, 3.8) is 0 Å². The maximum absolute atomic E-state index is 12.7. The summed E-state index contributed by atoms with van der Waals surface area (Å²) in [5, 5.41) is 3.13. The number of rotatable bonds is 35. The molecule has 8 heteroatoms. The highest BCUT2D eigenvalue weighted by Crippen LogP contribution is 2.28. The van der Waals surface area contributed by atoms with Crippen molar-refractivity contribution in [2.24, 2.45) is 10.8 Å². The first-order valence-electron chi connectivity index (χ1n) is 21.3. The minimum absolute atomic E-state index is 0.0474. The molecule has 0 aliphatic carbocycles. The van der Waals surface area contributed by atoms with Crippen LogP contribution in [-0.4, -0.2) is 69.4 Å². The smallest absolute Gasteiger partial charge is 0.407 e. The van der Waals surface area contributed by atoms with Gasteiger partial charge in [0.25, 0.3) is 0 Å². The standard InChI is InChI=1S/C43H84N2O6/c1-9-11-13-15-17-19-27-35-49-39(46)42(3,4)32-25-21-23-30-38(44-41(48)51-37-29-34-45(7)8)31-24-22-26-33-43(5,6)40(47)50-36-28-20-18-16-14-12-10-2/h38H,9-37H2,1-8H3,(H,44,48). The average Bonchev–Trinajstić information content (AvgIpc) is 3.08. The Labute approximate surface area is 315 Å². The van der Waals surface area contributed by atoms with E-state index < -0.39 is 10.8 Å². The molecular formula is C43H84N2O6. The van der Waals surface area contributed by atoms with Crippen LogP contribution in [-0.2, 0) is 23.8 Å². The minimum Gasteiger partial charge on any atom is -0.465 e. The summed E-state index contributed by atoms with van der Waals surface area (Å²) in [6.07, 6.45) is 26.6. The second-order valence-corrected chi connectivity index (χ2v) is 16.6. The third-order valence-corrected chi connectivity index (χ3v) is 10.1. The number of alkyl carbamates (subject to hydrolysis) is 1. The lowest BCUT2D eigenvalue weighted by Crippen LogP contribution is -2.35. The van der Waals surface area contributed by atoms with Crippen molar-refractivity contribution in [3.05, 3.63) is 0 Å². The van der Waals surface area contributed by atoms with E-state index in [2.05, 4.69) is 24.1 Å². The third kappa shape index (κ3) is 29.3. The summed E-state index contributed by atoms with van der Waals surface area (Å²) in [6.45, 7) is 14.8. The molecule has 0 rings (SSSR count). The molecule has 0 aliphatic rings. The summed E-state index contributed by atoms with van der Waals surface area (Å²) in [5.74, 6) is -0.177. The number of hydrogen-bond acceptors (Lipinski definition) is 7. The number of esters is 2. The van der Waals surface area contributed by atoms with Gasteiger partial charge < -0.3 is 24.4 Å². The highest BCUT2D eigenvalue weighted by atomic mass is 16.5. The Hall–Kier alpha value is -1.83. The second kappa shape index (κ2) is 31.7. The van der Waals surface area contributed by atoms with E-state index in [1.807, 2.05) is 41.8 Å². The fraction of sp³-hybridized carbons (Fsp3) is 0.930. The number of nitrogens with one attached hydrogen (secondary N) is 1. The van der Waals surface area contributed by atoms with E-state index in [1.54, 1.807) is 0 Å². The summed E-state index contributed by atoms with van der Waals surface area (Å²) >= 11 is 0. The Morgan fingerprint density at radius 2 is 0.882 bits per heavy atom. The molecule has 0 aliphatic heterocycles. The van der Waals surface area contributed by atoms with Crippen LogP contribution < -0.4 is 5.32 Å². The average molecular weight is 725 g/mol. The molecule has 0 saturated carbocycles. The molecule has 0 fully saturated rings. The summed E-state index contributed by atoms with van der Waals surface area (Å²) in [5.41, 5.74) is -0.966. The zero-order chi connectivity index (χ0) is 38.2. The second-order valence-electron chi connectivity index (χ2n) is 16.6. The maximum Gasteiger partial charge on any atom is 0.407 e. The zero-order valence-corrected chi connectivity index (χ0v) is 35.0. The van der Waals surface area contributed by atoms with Gasteiger partial charge in [-0.25, -0.2) is 4.79 Å². The fourth-order valence-electron chi connectivity index (χ4n) is 6.35. The molecule has 0 saturated heterocycles. The fourth-order valence-corrected chi connectivity index (χ4v) is 6.35. The molecule has 8 nitrogen and oxygen atoms in total. The lowest BCUT2D eigenvalue weighted by atomic mass is 9.86. The highest BCUT2D eigenvalue weighted by Gasteiger charge is 2.29. The van der Waals surface area contributed by atoms with Crippen molar-refractivity contribution in [2.45, 2.75) is 208 Å². The van der Waals surface area contributed by atoms with E-state index >= 15 is 0 Å².